The monoisotopic (exact) mass is 585 g/mol. The van der Waals surface area contributed by atoms with E-state index in [0.717, 1.165) is 33.3 Å². The summed E-state index contributed by atoms with van der Waals surface area (Å²) >= 11 is 0.447. The number of hydrogen-bond donors (Lipinski definition) is 0. The number of carbonyl (C=O) groups excluding carboxylic acids is 2. The average molecular weight is 585 g/mol. The zero-order valence-electron chi connectivity index (χ0n) is 22.6. The van der Waals surface area contributed by atoms with Crippen LogP contribution >= 0.6 is 0 Å². The van der Waals surface area contributed by atoms with Crippen LogP contribution in [0, 0.1) is 0 Å². The summed E-state index contributed by atoms with van der Waals surface area (Å²) in [5, 5.41) is 1.93. The third-order valence-corrected chi connectivity index (χ3v) is 9.82. The molecule has 5 aromatic carbocycles. The summed E-state index contributed by atoms with van der Waals surface area (Å²) in [5.74, 6) is 1.83. The summed E-state index contributed by atoms with van der Waals surface area (Å²) < 4.78 is 1.36. The van der Waals surface area contributed by atoms with Crippen molar-refractivity contribution in [3.8, 4) is 0 Å². The summed E-state index contributed by atoms with van der Waals surface area (Å²) in [6, 6.07) is 35.2. The molecule has 5 aromatic rings. The second-order valence-corrected chi connectivity index (χ2v) is 12.8. The van der Waals surface area contributed by atoms with Crippen molar-refractivity contribution in [3.63, 3.8) is 0 Å². The van der Waals surface area contributed by atoms with Gasteiger partial charge in [0.1, 0.15) is 0 Å². The van der Waals surface area contributed by atoms with Gasteiger partial charge in [-0.05, 0) is 22.9 Å². The van der Waals surface area contributed by atoms with Gasteiger partial charge in [-0.1, -0.05) is 24.3 Å². The van der Waals surface area contributed by atoms with Crippen molar-refractivity contribution < 1.29 is 9.59 Å². The van der Waals surface area contributed by atoms with Gasteiger partial charge in [0.05, 0.1) is 0 Å². The number of para-hydroxylation sites is 1. The number of ketones is 2. The van der Waals surface area contributed by atoms with Gasteiger partial charge >= 0.3 is 173 Å². The van der Waals surface area contributed by atoms with Crippen LogP contribution in [0.25, 0.3) is 16.8 Å². The van der Waals surface area contributed by atoms with E-state index in [1.54, 1.807) is 6.08 Å². The van der Waals surface area contributed by atoms with Crippen LogP contribution in [0.5, 0.6) is 0 Å². The van der Waals surface area contributed by atoms with Gasteiger partial charge in [0.25, 0.3) is 0 Å². The van der Waals surface area contributed by atoms with E-state index >= 15 is 0 Å². The van der Waals surface area contributed by atoms with Crippen molar-refractivity contribution in [1.82, 2.24) is 0 Å². The van der Waals surface area contributed by atoms with Crippen molar-refractivity contribution in [1.29, 1.82) is 0 Å². The summed E-state index contributed by atoms with van der Waals surface area (Å²) in [6.07, 6.45) is 1.77. The van der Waals surface area contributed by atoms with Crippen LogP contribution in [-0.2, 0) is 5.41 Å². The normalized spacial score (nSPS) is 15.2. The molecule has 0 N–H and O–H groups in total. The zero-order valence-corrected chi connectivity index (χ0v) is 24.3. The standard InChI is InChI=1S/C36H27NO2Se/c1-36(2)30-10-6-7-11-32(30)37(25-13-15-26(40-3)16-14-25)33-17-12-22(19-31(33)36)18-29-34(38)27-20-23-8-4-5-9-24(23)21-28(27)35(29)39/h4-21H,1-3H3. The van der Waals surface area contributed by atoms with Crippen LogP contribution in [0.3, 0.4) is 0 Å². The Morgan fingerprint density at radius 3 is 1.93 bits per heavy atom. The Balaban J connectivity index is 1.35. The Morgan fingerprint density at radius 1 is 0.675 bits per heavy atom. The number of rotatable bonds is 3. The van der Waals surface area contributed by atoms with E-state index in [-0.39, 0.29) is 22.6 Å². The van der Waals surface area contributed by atoms with E-state index in [4.69, 9.17) is 0 Å². The van der Waals surface area contributed by atoms with Crippen LogP contribution in [0.2, 0.25) is 5.82 Å². The quantitative estimate of drug-likeness (QED) is 0.123. The number of hydrogen-bond acceptors (Lipinski definition) is 3. The molecule has 40 heavy (non-hydrogen) atoms. The molecule has 2 aliphatic rings. The topological polar surface area (TPSA) is 37.4 Å². The van der Waals surface area contributed by atoms with Crippen molar-refractivity contribution in [2.45, 2.75) is 25.1 Å². The fourth-order valence-electron chi connectivity index (χ4n) is 6.13. The van der Waals surface area contributed by atoms with Crippen molar-refractivity contribution in [2.24, 2.45) is 0 Å². The number of anilines is 3. The minimum absolute atomic E-state index is 0.202. The number of Topliss-reactive ketones (excluding diaryl/α,β-unsaturated/α-hetero) is 2. The van der Waals surface area contributed by atoms with Crippen molar-refractivity contribution >= 4 is 64.9 Å². The number of fused-ring (bicyclic) bond motifs is 4. The Hall–Kier alpha value is -4.24. The molecule has 0 aromatic heterocycles. The molecule has 0 atom stereocenters. The summed E-state index contributed by atoms with van der Waals surface area (Å²) in [4.78, 5) is 29.2. The zero-order chi connectivity index (χ0) is 27.6. The minimum atomic E-state index is -0.270. The first-order chi connectivity index (χ1) is 19.4. The summed E-state index contributed by atoms with van der Waals surface area (Å²) in [6.45, 7) is 4.49. The molecule has 0 bridgehead atoms. The molecule has 0 spiro atoms. The summed E-state index contributed by atoms with van der Waals surface area (Å²) in [7, 11) is 0. The summed E-state index contributed by atoms with van der Waals surface area (Å²) in [5.41, 5.74) is 7.59. The molecule has 4 heteroatoms. The molecule has 0 saturated heterocycles. The van der Waals surface area contributed by atoms with Gasteiger partial charge in [-0.3, -0.25) is 9.59 Å². The second-order valence-electron chi connectivity index (χ2n) is 10.9. The van der Waals surface area contributed by atoms with Gasteiger partial charge in [0, 0.05) is 11.1 Å². The molecule has 1 aliphatic carbocycles. The Morgan fingerprint density at radius 2 is 1.27 bits per heavy atom. The van der Waals surface area contributed by atoms with Crippen LogP contribution in [0.1, 0.15) is 51.3 Å². The predicted octanol–water partition coefficient (Wildman–Crippen LogP) is 7.79. The van der Waals surface area contributed by atoms with E-state index in [2.05, 4.69) is 85.2 Å². The van der Waals surface area contributed by atoms with Crippen molar-refractivity contribution in [3.05, 3.63) is 137 Å². The molecule has 0 saturated carbocycles. The number of allylic oxidation sites excluding steroid dienone is 1. The SMILES string of the molecule is C[Se]c1ccc(N2c3ccccc3C(C)(C)c3cc(C=C4C(=O)c5cc6ccccc6cc5C4=O)ccc32)cc1. The van der Waals surface area contributed by atoms with Gasteiger partial charge in [-0.25, -0.2) is 0 Å². The molecule has 0 unspecified atom stereocenters. The number of carbonyl (C=O) groups is 2. The van der Waals surface area contributed by atoms with E-state index in [1.807, 2.05) is 42.5 Å². The maximum atomic E-state index is 13.4. The van der Waals surface area contributed by atoms with E-state index in [9.17, 15) is 9.59 Å². The molecule has 1 heterocycles. The first kappa shape index (κ1) is 24.8. The molecule has 3 nitrogen and oxygen atoms in total. The third-order valence-electron chi connectivity index (χ3n) is 8.26. The second kappa shape index (κ2) is 9.16. The van der Waals surface area contributed by atoms with Crippen LogP contribution < -0.4 is 9.36 Å². The molecule has 1 aliphatic heterocycles. The van der Waals surface area contributed by atoms with Crippen LogP contribution in [0.4, 0.5) is 17.1 Å². The van der Waals surface area contributed by atoms with Crippen LogP contribution in [0.15, 0.2) is 109 Å². The van der Waals surface area contributed by atoms with E-state index in [0.29, 0.717) is 26.1 Å². The molecule has 7 rings (SSSR count). The van der Waals surface area contributed by atoms with Gasteiger partial charge in [-0.2, -0.15) is 0 Å². The van der Waals surface area contributed by atoms with Gasteiger partial charge in [0.15, 0.2) is 0 Å². The van der Waals surface area contributed by atoms with Crippen LogP contribution in [-0.4, -0.2) is 26.5 Å². The first-order valence-electron chi connectivity index (χ1n) is 13.4. The molecule has 0 fully saturated rings. The maximum absolute atomic E-state index is 13.4. The van der Waals surface area contributed by atoms with E-state index < -0.39 is 0 Å². The Bertz CT molecular complexity index is 1840. The van der Waals surface area contributed by atoms with E-state index in [1.165, 1.54) is 15.7 Å². The average Bonchev–Trinajstić information content (AvgIpc) is 3.20. The Kier molecular flexibility index (Phi) is 5.67. The Labute approximate surface area is 240 Å². The number of benzene rings is 5. The number of nitrogens with zero attached hydrogens (tertiary/aromatic N) is 1. The molecule has 194 valence electrons. The molecular formula is C36H27NO2Se. The van der Waals surface area contributed by atoms with Gasteiger partial charge < -0.3 is 0 Å². The predicted molar refractivity (Wildman–Crippen MR) is 165 cm³/mol. The molecule has 0 radical (unpaired) electrons. The van der Waals surface area contributed by atoms with Crippen molar-refractivity contribution in [2.75, 3.05) is 4.90 Å². The first-order valence-corrected chi connectivity index (χ1v) is 16.0. The van der Waals surface area contributed by atoms with Gasteiger partial charge in [0.2, 0.25) is 0 Å². The fraction of sp³-hybridized carbons (Fsp3) is 0.111. The third kappa shape index (κ3) is 3.71. The fourth-order valence-corrected chi connectivity index (χ4v) is 6.98. The molecule has 0 amide bonds. The molecular weight excluding hydrogens is 557 g/mol. The van der Waals surface area contributed by atoms with Gasteiger partial charge in [-0.15, -0.1) is 0 Å².